The zero-order valence-electron chi connectivity index (χ0n) is 21.3. The molecule has 38 heavy (non-hydrogen) atoms. The lowest BCUT2D eigenvalue weighted by molar-refractivity contribution is 0.0936. The predicted molar refractivity (Wildman–Crippen MR) is 149 cm³/mol. The van der Waals surface area contributed by atoms with E-state index in [4.69, 9.17) is 23.2 Å². The van der Waals surface area contributed by atoms with Crippen molar-refractivity contribution in [2.24, 2.45) is 16.1 Å². The molecule has 1 aliphatic rings. The van der Waals surface area contributed by atoms with Crippen molar-refractivity contribution in [2.45, 2.75) is 46.2 Å². The van der Waals surface area contributed by atoms with Gasteiger partial charge in [-0.1, -0.05) is 23.2 Å². The molecule has 4 rings (SSSR count). The Hall–Kier alpha value is -3.76. The van der Waals surface area contributed by atoms with Crippen LogP contribution < -0.4 is 10.6 Å². The van der Waals surface area contributed by atoms with Crippen LogP contribution in [0.5, 0.6) is 0 Å². The quantitative estimate of drug-likeness (QED) is 0.267. The lowest BCUT2D eigenvalue weighted by Gasteiger charge is -2.18. The van der Waals surface area contributed by atoms with E-state index in [1.54, 1.807) is 56.6 Å². The van der Waals surface area contributed by atoms with Gasteiger partial charge >= 0.3 is 0 Å². The molecule has 1 aromatic carbocycles. The van der Waals surface area contributed by atoms with E-state index in [-0.39, 0.29) is 35.6 Å². The first-order valence-electron chi connectivity index (χ1n) is 12.1. The number of hydrogen-bond acceptors (Lipinski definition) is 7. The summed E-state index contributed by atoms with van der Waals surface area (Å²) in [7, 11) is 0. The Labute approximate surface area is 230 Å². The van der Waals surface area contributed by atoms with Gasteiger partial charge in [-0.3, -0.25) is 9.59 Å². The summed E-state index contributed by atoms with van der Waals surface area (Å²) in [6.07, 6.45) is 5.29. The highest BCUT2D eigenvalue weighted by atomic mass is 35.5. The number of pyridine rings is 1. The number of nitrogens with zero attached hydrogens (tertiary/aromatic N) is 6. The number of aryl methyl sites for hydroxylation is 1. The molecule has 0 spiro atoms. The molecule has 3 aromatic rings. The molecule has 2 aromatic heterocycles. The smallest absolute Gasteiger partial charge is 0.274 e. The average molecular weight is 555 g/mol. The van der Waals surface area contributed by atoms with Crippen LogP contribution in [-0.2, 0) is 6.54 Å². The summed E-state index contributed by atoms with van der Waals surface area (Å²) >= 11 is 12.7. The van der Waals surface area contributed by atoms with E-state index in [1.807, 2.05) is 6.92 Å². The fourth-order valence-electron chi connectivity index (χ4n) is 4.03. The Balaban J connectivity index is 1.71. The number of carbonyl (C=O) groups excluding carboxylic acids is 2. The summed E-state index contributed by atoms with van der Waals surface area (Å²) in [6.45, 7) is 9.16. The highest BCUT2D eigenvalue weighted by Gasteiger charge is 2.30. The summed E-state index contributed by atoms with van der Waals surface area (Å²) in [6, 6.07) is 8.18. The van der Waals surface area contributed by atoms with E-state index in [1.165, 1.54) is 9.80 Å². The molecule has 1 fully saturated rings. The second kappa shape index (κ2) is 11.7. The predicted octanol–water partition coefficient (Wildman–Crippen LogP) is 5.09. The minimum atomic E-state index is -0.516. The number of amides is 2. The summed E-state index contributed by atoms with van der Waals surface area (Å²) in [5.41, 5.74) is 1.89. The van der Waals surface area contributed by atoms with Crippen LogP contribution in [-0.4, -0.2) is 50.7 Å². The zero-order chi connectivity index (χ0) is 27.4. The monoisotopic (exact) mass is 554 g/mol. The van der Waals surface area contributed by atoms with Gasteiger partial charge in [-0.05, 0) is 75.4 Å². The van der Waals surface area contributed by atoms with Gasteiger partial charge in [0, 0.05) is 30.2 Å². The first-order chi connectivity index (χ1) is 18.2. The Kier molecular flexibility index (Phi) is 8.43. The average Bonchev–Trinajstić information content (AvgIpc) is 3.65. The van der Waals surface area contributed by atoms with E-state index >= 15 is 0 Å². The second-order valence-electron chi connectivity index (χ2n) is 8.99. The van der Waals surface area contributed by atoms with Crippen molar-refractivity contribution in [3.8, 4) is 5.82 Å². The van der Waals surface area contributed by atoms with E-state index in [2.05, 4.69) is 37.6 Å². The topological polar surface area (TPSA) is 117 Å². The molecule has 10 nitrogen and oxygen atoms in total. The molecule has 2 heterocycles. The largest absolute Gasteiger partial charge is 0.349 e. The highest BCUT2D eigenvalue weighted by Crippen LogP contribution is 2.33. The maximum atomic E-state index is 13.7. The van der Waals surface area contributed by atoms with Crippen LogP contribution in [0.2, 0.25) is 10.0 Å². The van der Waals surface area contributed by atoms with Crippen LogP contribution in [0.3, 0.4) is 0 Å². The van der Waals surface area contributed by atoms with Crippen LogP contribution in [0.25, 0.3) is 5.82 Å². The molecule has 0 aliphatic heterocycles. The van der Waals surface area contributed by atoms with Gasteiger partial charge in [0.2, 0.25) is 0 Å². The number of aromatic nitrogens is 3. The summed E-state index contributed by atoms with van der Waals surface area (Å²) < 4.78 is 1.35. The summed E-state index contributed by atoms with van der Waals surface area (Å²) in [4.78, 5) is 31.2. The molecule has 1 saturated carbocycles. The van der Waals surface area contributed by atoms with Crippen molar-refractivity contribution >= 4 is 53.6 Å². The van der Waals surface area contributed by atoms with Gasteiger partial charge in [-0.25, -0.2) is 9.67 Å². The van der Waals surface area contributed by atoms with Crippen molar-refractivity contribution in [1.29, 1.82) is 0 Å². The zero-order valence-corrected chi connectivity index (χ0v) is 22.8. The molecule has 1 unspecified atom stereocenters. The molecule has 0 saturated heterocycles. The molecule has 2 N–H and O–H groups in total. The second-order valence-corrected chi connectivity index (χ2v) is 9.83. The van der Waals surface area contributed by atoms with Gasteiger partial charge in [0.15, 0.2) is 5.82 Å². The summed E-state index contributed by atoms with van der Waals surface area (Å²) in [5, 5.41) is 20.4. The van der Waals surface area contributed by atoms with E-state index in [9.17, 15) is 9.59 Å². The maximum Gasteiger partial charge on any atom is 0.274 e. The van der Waals surface area contributed by atoms with Crippen molar-refractivity contribution < 1.29 is 9.59 Å². The minimum absolute atomic E-state index is 0.0211. The van der Waals surface area contributed by atoms with Gasteiger partial charge in [0.1, 0.15) is 12.2 Å². The molecule has 198 valence electrons. The third-order valence-corrected chi connectivity index (χ3v) is 6.63. The standard InChI is InChI=1S/C26H28Cl2N8O2/c1-5-31-35(29-4)14-19-13-22(36(34-19)24-21(28)7-6-10-30-24)26(38)33-23-15(2)11-18(27)12-20(23)25(37)32-16(3)17-8-9-17/h5-7,10-13,16-17H,4,8-9,14H2,1-3H3,(H,32,37)(H,33,38)/b31-5-. The van der Waals surface area contributed by atoms with Gasteiger partial charge in [0.25, 0.3) is 11.8 Å². The van der Waals surface area contributed by atoms with E-state index in [0.717, 1.165) is 12.8 Å². The van der Waals surface area contributed by atoms with Crippen LogP contribution >= 0.6 is 23.2 Å². The fourth-order valence-corrected chi connectivity index (χ4v) is 4.51. The molecule has 2 amide bonds. The van der Waals surface area contributed by atoms with Crippen LogP contribution in [0.4, 0.5) is 5.69 Å². The number of carbonyl (C=O) groups is 2. The molecule has 0 bridgehead atoms. The number of benzene rings is 1. The van der Waals surface area contributed by atoms with Crippen molar-refractivity contribution in [2.75, 3.05) is 5.32 Å². The molecular formula is C26H28Cl2N8O2. The Morgan fingerprint density at radius 1 is 1.29 bits per heavy atom. The Morgan fingerprint density at radius 2 is 2.05 bits per heavy atom. The highest BCUT2D eigenvalue weighted by molar-refractivity contribution is 6.32. The first kappa shape index (κ1) is 27.3. The number of anilines is 1. The first-order valence-corrected chi connectivity index (χ1v) is 12.8. The van der Waals surface area contributed by atoms with E-state index < -0.39 is 5.91 Å². The third-order valence-electron chi connectivity index (χ3n) is 6.12. The number of nitrogens with one attached hydrogen (secondary N) is 2. The molecule has 12 heteroatoms. The molecule has 0 radical (unpaired) electrons. The van der Waals surface area contributed by atoms with Crippen LogP contribution in [0.1, 0.15) is 58.8 Å². The van der Waals surface area contributed by atoms with Gasteiger partial charge in [-0.15, -0.1) is 0 Å². The van der Waals surface area contributed by atoms with Crippen molar-refractivity contribution in [3.05, 3.63) is 69.1 Å². The fraction of sp³-hybridized carbons (Fsp3) is 0.308. The Bertz CT molecular complexity index is 1400. The normalized spacial score (nSPS) is 13.8. The molecule has 1 aliphatic carbocycles. The number of rotatable bonds is 10. The number of halogens is 2. The lowest BCUT2D eigenvalue weighted by atomic mass is 10.1. The maximum absolute atomic E-state index is 13.7. The van der Waals surface area contributed by atoms with Crippen molar-refractivity contribution in [1.82, 2.24) is 25.2 Å². The van der Waals surface area contributed by atoms with Gasteiger partial charge in [0.05, 0.1) is 22.0 Å². The minimum Gasteiger partial charge on any atom is -0.349 e. The SMILES string of the molecule is C=NN(Cc1cc(C(=O)Nc2c(C)cc(Cl)cc2C(=O)NC(C)C2CC2)n(-c2ncccc2Cl)n1)/N=C\C. The number of hydrazone groups is 2. The van der Waals surface area contributed by atoms with E-state index in [0.29, 0.717) is 32.9 Å². The lowest BCUT2D eigenvalue weighted by Crippen LogP contribution is -2.34. The third kappa shape index (κ3) is 6.20. The van der Waals surface area contributed by atoms with Crippen LogP contribution in [0.15, 0.2) is 46.7 Å². The summed E-state index contributed by atoms with van der Waals surface area (Å²) in [5.74, 6) is -0.0868. The van der Waals surface area contributed by atoms with Gasteiger partial charge in [-0.2, -0.15) is 20.4 Å². The van der Waals surface area contributed by atoms with Gasteiger partial charge < -0.3 is 10.6 Å². The molecule has 1 atom stereocenters. The molecular weight excluding hydrogens is 527 g/mol. The number of hydrogen-bond donors (Lipinski definition) is 2. The van der Waals surface area contributed by atoms with Crippen molar-refractivity contribution in [3.63, 3.8) is 0 Å². The van der Waals surface area contributed by atoms with Crippen LogP contribution in [0, 0.1) is 12.8 Å². The Morgan fingerprint density at radius 3 is 2.71 bits per heavy atom.